The van der Waals surface area contributed by atoms with Crippen LogP contribution in [0.4, 0.5) is 0 Å². The van der Waals surface area contributed by atoms with Crippen molar-refractivity contribution < 1.29 is 143 Å². The number of fused-ring (bicyclic) bond motifs is 7. The van der Waals surface area contributed by atoms with E-state index in [0.717, 1.165) is 23.5 Å². The number of ketones is 9. The number of imide groups is 1. The van der Waals surface area contributed by atoms with Crippen molar-refractivity contribution in [2.75, 3.05) is 18.1 Å². The van der Waals surface area contributed by atoms with Crippen LogP contribution in [0.5, 0.6) is 0 Å². The maximum atomic E-state index is 16.0. The van der Waals surface area contributed by atoms with E-state index in [1.165, 1.54) is 40.2 Å². The number of hydrogen-bond acceptors (Lipinski definition) is 28. The van der Waals surface area contributed by atoms with E-state index < -0.39 is 277 Å². The number of unbranched alkanes of at least 4 members (excludes halogenated alkanes) is 4. The van der Waals surface area contributed by atoms with Crippen molar-refractivity contribution >= 4 is 190 Å². The van der Waals surface area contributed by atoms with Crippen molar-refractivity contribution in [1.82, 2.24) is 56.2 Å². The number of imidazole rings is 1. The number of aliphatic hydroxyl groups excluding tert-OH is 1. The van der Waals surface area contributed by atoms with Gasteiger partial charge >= 0.3 is 40.9 Å². The molecule has 0 spiro atoms. The number of hydrogen-bond donors (Lipinski definition) is 10. The summed E-state index contributed by atoms with van der Waals surface area (Å²) >= 11 is 2.19. The minimum Gasteiger partial charge on any atom is -0.657 e. The van der Waals surface area contributed by atoms with Gasteiger partial charge in [-0.2, -0.15) is 0 Å². The maximum absolute atomic E-state index is 16.0. The summed E-state index contributed by atoms with van der Waals surface area (Å²) in [5, 5.41) is 53.2. The second kappa shape index (κ2) is 60.0. The van der Waals surface area contributed by atoms with Gasteiger partial charge < -0.3 is 77.9 Å². The van der Waals surface area contributed by atoms with Gasteiger partial charge in [0.2, 0.25) is 35.4 Å². The number of carboxylic acid groups (broad SMARTS) is 3. The number of carboxylic acids is 3. The van der Waals surface area contributed by atoms with Crippen LogP contribution < -0.4 is 47.7 Å². The number of nitrogens with zero attached hydrogens (tertiary/aromatic N) is 7. The molecule has 0 radical (unpaired) electrons. The first-order valence-corrected chi connectivity index (χ1v) is 53.3. The van der Waals surface area contributed by atoms with E-state index in [0.29, 0.717) is 120 Å². The normalized spacial score (nSPS) is 17.4. The predicted octanol–water partition coefficient (Wildman–Crippen LogP) is 10.6. The van der Waals surface area contributed by atoms with E-state index in [9.17, 15) is 87.5 Å². The van der Waals surface area contributed by atoms with Crippen LogP contribution in [0.15, 0.2) is 41.7 Å². The molecule has 1 saturated heterocycles. The van der Waals surface area contributed by atoms with E-state index in [1.54, 1.807) is 52.0 Å². The first-order chi connectivity index (χ1) is 70.1. The summed E-state index contributed by atoms with van der Waals surface area (Å²) in [4.78, 5) is 326. The first kappa shape index (κ1) is 124. The van der Waals surface area contributed by atoms with Crippen LogP contribution in [0.2, 0.25) is 0 Å². The topological polar surface area (TPSA) is 633 Å². The molecule has 12 atom stereocenters. The van der Waals surface area contributed by atoms with Gasteiger partial charge in [0.15, 0.2) is 11.6 Å². The Bertz CT molecular complexity index is 5840. The summed E-state index contributed by atoms with van der Waals surface area (Å²) < 4.78 is 0. The van der Waals surface area contributed by atoms with E-state index in [4.69, 9.17) is 36.2 Å². The molecule has 8 amide bonds. The number of thioether (sulfide) groups is 2. The van der Waals surface area contributed by atoms with Crippen molar-refractivity contribution in [2.45, 2.75) is 331 Å². The minimum absolute atomic E-state index is 0. The van der Waals surface area contributed by atoms with Gasteiger partial charge in [0.05, 0.1) is 46.9 Å². The molecule has 12 N–H and O–H groups in total. The van der Waals surface area contributed by atoms with Crippen LogP contribution in [-0.4, -0.2) is 206 Å². The third-order valence-electron chi connectivity index (χ3n) is 27.6. The number of nitrogens with one attached hydrogen (secondary N) is 4. The minimum atomic E-state index is -1.75. The number of Topliss-reactive ketones (excluding diaryl/α,β-unsaturated/α-hetero) is 9. The number of aliphatic hydroxyl groups is 1. The molecule has 1 fully saturated rings. The first-order valence-electron chi connectivity index (χ1n) is 51.3. The fraction of sp³-hybridized carbons (Fsp3) is 0.589. The third kappa shape index (κ3) is 37.2. The molecule has 39 nitrogen and oxygen atoms in total. The molecule has 0 saturated carbocycles. The maximum Gasteiger partial charge on any atom is 6.00 e. The SMILES string of the molecule is CCC1=C(CCC(=O)O)c2cc3[n-]c(cc4nc5cc6[n-]c(cc1n2)c(CC)c6SCC(CC(=O)C(CCCCNC(C)=O)CC(=O)C(CCC(N)=O)CC(=O)C(NC(=O)CCCCCCC(=O)ON1C(=O)CCC1=O)C(C)C)C(=O)CC(C)C(=O)CC(CCC(N)=O)C(=O)NC(C(=O)NC(Cc1c[n-]cn1)C(=O)CC(C(=O)CC(C(=O)CC(CCC(=O)O)C(C)=O)C(C)C)C(C)O)CSC4=C5CC)c(CC)c3CCC(=O)O.[Fe+6]. The number of carbonyl (C=O) groups excluding carboxylic acids is 18. The van der Waals surface area contributed by atoms with Gasteiger partial charge in [-0.1, -0.05) is 129 Å². The molecular weight excluding hydrogens is 2000 g/mol. The number of hydroxylamine groups is 2. The van der Waals surface area contributed by atoms with Crippen LogP contribution in [0, 0.1) is 59.2 Å². The molecule has 4 aromatic heterocycles. The Morgan fingerprint density at radius 3 is 1.70 bits per heavy atom. The van der Waals surface area contributed by atoms with Crippen LogP contribution in [0.3, 0.4) is 0 Å². The molecule has 8 heterocycles. The second-order valence-electron chi connectivity index (χ2n) is 39.5. The van der Waals surface area contributed by atoms with Gasteiger partial charge in [-0.05, 0) is 149 Å². The van der Waals surface area contributed by atoms with Gasteiger partial charge in [-0.15, -0.1) is 50.7 Å². The van der Waals surface area contributed by atoms with E-state index >= 15 is 33.6 Å². The van der Waals surface area contributed by atoms with E-state index in [1.807, 2.05) is 27.7 Å². The predicted molar refractivity (Wildman–Crippen MR) is 549 cm³/mol. The molecule has 0 aromatic carbocycles. The Balaban J connectivity index is 0.0000300. The Morgan fingerprint density at radius 2 is 1.11 bits per heavy atom. The largest absolute Gasteiger partial charge is 6.00 e. The van der Waals surface area contributed by atoms with Crippen molar-refractivity contribution in [2.24, 2.45) is 70.6 Å². The van der Waals surface area contributed by atoms with Crippen molar-refractivity contribution in [3.05, 3.63) is 81.9 Å². The second-order valence-corrected chi connectivity index (χ2v) is 41.6. The quantitative estimate of drug-likeness (QED) is 0.0111. The van der Waals surface area contributed by atoms with E-state index in [-0.39, 0.29) is 161 Å². The number of aryl methyl sites for hydroxylation is 3. The average Bonchev–Trinajstić information content (AvgIpc) is 1.61. The van der Waals surface area contributed by atoms with Crippen molar-refractivity contribution in [1.29, 1.82) is 0 Å². The molecule has 4 aromatic rings. The monoisotopic (exact) mass is 2140 g/mol. The summed E-state index contributed by atoms with van der Waals surface area (Å²) in [5.41, 5.74) is 17.8. The number of allylic oxidation sites excluding steroid dienone is 3. The van der Waals surface area contributed by atoms with Gasteiger partial charge in [-0.25, -0.2) is 14.8 Å². The smallest absolute Gasteiger partial charge is 0.657 e. The molecule has 12 unspecified atom stereocenters. The van der Waals surface area contributed by atoms with Crippen molar-refractivity contribution in [3.63, 3.8) is 0 Å². The number of carbonyl (C=O) groups is 21. The molecule has 9 bridgehead atoms. The number of nitrogens with two attached hydrogens (primary N) is 2. The number of amides is 8. The Kier molecular flexibility index (Phi) is 49.9. The van der Waals surface area contributed by atoms with Gasteiger partial charge in [0.1, 0.15) is 46.5 Å². The Morgan fingerprint density at radius 1 is 0.544 bits per heavy atom. The number of rotatable bonds is 59. The average molecular weight is 2150 g/mol. The number of aromatic nitrogens is 6. The molecule has 149 heavy (non-hydrogen) atoms. The van der Waals surface area contributed by atoms with Crippen LogP contribution in [0.25, 0.3) is 43.7 Å². The van der Waals surface area contributed by atoms with Crippen LogP contribution in [0.1, 0.15) is 321 Å². The zero-order valence-corrected chi connectivity index (χ0v) is 89.7. The van der Waals surface area contributed by atoms with Crippen LogP contribution in [-0.2, 0) is 148 Å². The molecule has 8 rings (SSSR count). The standard InChI is InChI=1S/C107H145N13O26S2.Fe/c1-13-68-72(29-36-100(139)140)80-49-81-73(30-37-101(141)142)69(14-2)77(114-81)50-83-105-71(16-4)79(116-83)51-84-104(70(15-3)78(115-84)48-76(68)113-80)147-53-66(44-89(127)63(23-21-22-38-111-61(12)123)41-88(126)64(26-31-94(108)132)42-93(131)103(57(7)8)119-96(134)24-19-17-18-20-25-102(143)146-120-97(135)33-34-98(120)136)87(125)39-58(9)86(124)43-65(27-32-95(109)133)106(144)118-85(54-148-105)107(145)117-82(45-67-52-110-55-112-67)92(130)47-75(60(11)122)91(129)46-74(56(5)6)90(128)40-62(59(10)121)28-35-99(137)138;/h48-52,55-58,60,62-66,74-75,82,85,103,122H,13-47,53-54H2,1-12H3,(H14,108,109,110,111,112,113,114,115,116,117,118,119,123,132,133,134,137,138,139,140,141,142,144,145);/q;+6/p-3. The molecule has 0 aliphatic carbocycles. The zero-order chi connectivity index (χ0) is 109. The summed E-state index contributed by atoms with van der Waals surface area (Å²) in [5.74, 6) is -27.4. The summed E-state index contributed by atoms with van der Waals surface area (Å²) in [7, 11) is 0. The summed E-state index contributed by atoms with van der Waals surface area (Å²) in [6.45, 7) is 19.6. The molecule has 42 heteroatoms. The zero-order valence-electron chi connectivity index (χ0n) is 86.9. The van der Waals surface area contributed by atoms with Crippen LogP contribution >= 0.6 is 23.5 Å². The molecule has 4 aliphatic heterocycles. The molecule has 808 valence electrons. The third-order valence-corrected chi connectivity index (χ3v) is 30.2. The number of aliphatic carboxylic acids is 3. The van der Waals surface area contributed by atoms with Gasteiger partial charge in [-0.3, -0.25) is 95.9 Å². The van der Waals surface area contributed by atoms with E-state index in [2.05, 4.69) is 31.2 Å². The van der Waals surface area contributed by atoms with Gasteiger partial charge in [0.25, 0.3) is 11.8 Å². The van der Waals surface area contributed by atoms with Gasteiger partial charge in [0, 0.05) is 180 Å². The fourth-order valence-corrected chi connectivity index (χ4v) is 21.6. The Labute approximate surface area is 885 Å². The summed E-state index contributed by atoms with van der Waals surface area (Å²) in [6.07, 6.45) is -3.92. The molecular formula is C107H142FeN13O26S2+3. The summed E-state index contributed by atoms with van der Waals surface area (Å²) in [6, 6.07) is 2.35. The molecule has 4 aliphatic rings. The Hall–Kier alpha value is -12.1. The fourth-order valence-electron chi connectivity index (χ4n) is 19.0. The number of primary amides is 2. The van der Waals surface area contributed by atoms with Crippen molar-refractivity contribution in [3.8, 4) is 0 Å².